The Morgan fingerprint density at radius 3 is 2.67 bits per heavy atom. The van der Waals surface area contributed by atoms with Gasteiger partial charge in [0.2, 0.25) is 0 Å². The van der Waals surface area contributed by atoms with Gasteiger partial charge in [-0.2, -0.15) is 0 Å². The lowest BCUT2D eigenvalue weighted by molar-refractivity contribution is -0.118. The Morgan fingerprint density at radius 2 is 1.80 bits per heavy atom. The minimum atomic E-state index is -0.692. The summed E-state index contributed by atoms with van der Waals surface area (Å²) in [6.45, 7) is 0. The zero-order valence-corrected chi connectivity index (χ0v) is 17.2. The number of anilines is 1. The van der Waals surface area contributed by atoms with E-state index in [1.165, 1.54) is 11.1 Å². The number of hydrogen-bond donors (Lipinski definition) is 2. The van der Waals surface area contributed by atoms with Gasteiger partial charge in [-0.05, 0) is 48.6 Å². The number of carbonyl (C=O) groups excluding carboxylic acids is 1. The summed E-state index contributed by atoms with van der Waals surface area (Å²) in [6.07, 6.45) is 2.46. The Morgan fingerprint density at radius 1 is 1.00 bits per heavy atom. The third kappa shape index (κ3) is 3.64. The van der Waals surface area contributed by atoms with Crippen LogP contribution in [0.3, 0.4) is 0 Å². The molecule has 2 aliphatic rings. The molecule has 0 fully saturated rings. The smallest absolute Gasteiger partial charge is 0.264 e. The summed E-state index contributed by atoms with van der Waals surface area (Å²) < 4.78 is 0. The van der Waals surface area contributed by atoms with Gasteiger partial charge in [0.25, 0.3) is 5.91 Å². The highest BCUT2D eigenvalue weighted by atomic mass is 35.5. The van der Waals surface area contributed by atoms with Crippen LogP contribution in [0, 0.1) is 0 Å². The van der Waals surface area contributed by atoms with Crippen molar-refractivity contribution in [2.24, 2.45) is 4.99 Å². The lowest BCUT2D eigenvalue weighted by atomic mass is 9.87. The van der Waals surface area contributed by atoms with Crippen LogP contribution in [0.2, 0.25) is 5.02 Å². The van der Waals surface area contributed by atoms with Crippen LogP contribution >= 0.6 is 11.6 Å². The first-order valence-corrected chi connectivity index (χ1v) is 10.6. The molecule has 0 saturated heterocycles. The van der Waals surface area contributed by atoms with Gasteiger partial charge in [-0.15, -0.1) is 0 Å². The molecule has 2 N–H and O–H groups in total. The molecule has 1 aliphatic carbocycles. The van der Waals surface area contributed by atoms with E-state index in [4.69, 9.17) is 16.6 Å². The molecule has 4 nitrogen and oxygen atoms in total. The number of benzodiazepines with no additional fused rings is 1. The zero-order valence-electron chi connectivity index (χ0n) is 16.4. The number of hydrogen-bond acceptors (Lipinski definition) is 3. The topological polar surface area (TPSA) is 53.5 Å². The molecular weight excluding hydrogens is 394 g/mol. The quantitative estimate of drug-likeness (QED) is 0.623. The molecule has 2 atom stereocenters. The summed E-state index contributed by atoms with van der Waals surface area (Å²) in [5, 5.41) is 7.17. The molecule has 0 saturated carbocycles. The fraction of sp³-hybridized carbons (Fsp3) is 0.200. The van der Waals surface area contributed by atoms with E-state index in [9.17, 15) is 4.79 Å². The van der Waals surface area contributed by atoms with Crippen molar-refractivity contribution in [3.63, 3.8) is 0 Å². The van der Waals surface area contributed by atoms with Crippen LogP contribution in [0.4, 0.5) is 5.69 Å². The normalized spacial score (nSPS) is 20.4. The first kappa shape index (κ1) is 19.0. The van der Waals surface area contributed by atoms with E-state index < -0.39 is 6.17 Å². The van der Waals surface area contributed by atoms with Crippen molar-refractivity contribution in [1.29, 1.82) is 0 Å². The zero-order chi connectivity index (χ0) is 20.5. The van der Waals surface area contributed by atoms with Crippen molar-refractivity contribution in [3.05, 3.63) is 100 Å². The molecule has 0 bridgehead atoms. The van der Waals surface area contributed by atoms with Gasteiger partial charge in [-0.25, -0.2) is 0 Å². The second-order valence-corrected chi connectivity index (χ2v) is 8.17. The molecule has 3 aromatic rings. The van der Waals surface area contributed by atoms with Crippen LogP contribution in [0.5, 0.6) is 0 Å². The maximum atomic E-state index is 13.1. The fourth-order valence-electron chi connectivity index (χ4n) is 4.34. The van der Waals surface area contributed by atoms with Crippen LogP contribution < -0.4 is 10.6 Å². The molecule has 30 heavy (non-hydrogen) atoms. The Labute approximate surface area is 181 Å². The summed E-state index contributed by atoms with van der Waals surface area (Å²) in [4.78, 5) is 18.0. The third-order valence-corrected chi connectivity index (χ3v) is 6.01. The predicted molar refractivity (Wildman–Crippen MR) is 121 cm³/mol. The number of amides is 1. The van der Waals surface area contributed by atoms with E-state index in [0.717, 1.165) is 41.8 Å². The highest BCUT2D eigenvalue weighted by Crippen LogP contribution is 2.31. The minimum absolute atomic E-state index is 0.0938. The monoisotopic (exact) mass is 415 g/mol. The lowest BCUT2D eigenvalue weighted by Crippen LogP contribution is -2.41. The first-order chi connectivity index (χ1) is 14.7. The number of aryl methyl sites for hydroxylation is 1. The second-order valence-electron chi connectivity index (χ2n) is 7.74. The summed E-state index contributed by atoms with van der Waals surface area (Å²) in [5.74, 6) is -0.160. The van der Waals surface area contributed by atoms with E-state index in [-0.39, 0.29) is 11.9 Å². The average molecular weight is 416 g/mol. The molecule has 3 aromatic carbocycles. The molecule has 1 heterocycles. The number of halogens is 1. The molecule has 5 heteroatoms. The van der Waals surface area contributed by atoms with Gasteiger partial charge in [-0.1, -0.05) is 66.2 Å². The van der Waals surface area contributed by atoms with Crippen LogP contribution in [0.15, 0.2) is 77.8 Å². The van der Waals surface area contributed by atoms with Gasteiger partial charge in [0.15, 0.2) is 6.17 Å². The number of aliphatic imine (C=N–C) groups is 1. The van der Waals surface area contributed by atoms with E-state index in [0.29, 0.717) is 5.02 Å². The molecule has 0 aromatic heterocycles. The molecule has 2 unspecified atom stereocenters. The molecular formula is C25H22ClN3O. The van der Waals surface area contributed by atoms with Crippen LogP contribution in [0.1, 0.15) is 41.1 Å². The molecule has 1 amide bonds. The van der Waals surface area contributed by atoms with Crippen LogP contribution in [0.25, 0.3) is 0 Å². The summed E-state index contributed by atoms with van der Waals surface area (Å²) >= 11 is 6.28. The van der Waals surface area contributed by atoms with Gasteiger partial charge < -0.3 is 5.32 Å². The maximum absolute atomic E-state index is 13.1. The third-order valence-electron chi connectivity index (χ3n) is 5.78. The van der Waals surface area contributed by atoms with E-state index in [1.54, 1.807) is 6.07 Å². The SMILES string of the molecule is O=C1Nc2ccc(Cl)cc2C(c2ccccc2)=NC1NC1CCCc2ccccc21. The first-order valence-electron chi connectivity index (χ1n) is 10.3. The number of carbonyl (C=O) groups is 1. The molecule has 0 radical (unpaired) electrons. The number of fused-ring (bicyclic) bond motifs is 2. The van der Waals surface area contributed by atoms with E-state index >= 15 is 0 Å². The van der Waals surface area contributed by atoms with Gasteiger partial charge in [0.05, 0.1) is 11.4 Å². The maximum Gasteiger partial charge on any atom is 0.264 e. The average Bonchev–Trinajstić information content (AvgIpc) is 2.91. The highest BCUT2D eigenvalue weighted by Gasteiger charge is 2.30. The largest absolute Gasteiger partial charge is 0.322 e. The predicted octanol–water partition coefficient (Wildman–Crippen LogP) is 5.12. The van der Waals surface area contributed by atoms with Crippen molar-refractivity contribution in [2.45, 2.75) is 31.5 Å². The van der Waals surface area contributed by atoms with Crippen molar-refractivity contribution >= 4 is 28.9 Å². The Kier molecular flexibility index (Phi) is 5.11. The van der Waals surface area contributed by atoms with Crippen LogP contribution in [-0.2, 0) is 11.2 Å². The Bertz CT molecular complexity index is 1130. The lowest BCUT2D eigenvalue weighted by Gasteiger charge is -2.28. The molecule has 5 rings (SSSR count). The van der Waals surface area contributed by atoms with Gasteiger partial charge >= 0.3 is 0 Å². The van der Waals surface area contributed by atoms with E-state index in [1.807, 2.05) is 42.5 Å². The highest BCUT2D eigenvalue weighted by molar-refractivity contribution is 6.32. The summed E-state index contributed by atoms with van der Waals surface area (Å²) in [6, 6.07) is 24.0. The van der Waals surface area contributed by atoms with Gasteiger partial charge in [-0.3, -0.25) is 15.1 Å². The number of nitrogens with zero attached hydrogens (tertiary/aromatic N) is 1. The molecule has 150 valence electrons. The molecule has 1 aliphatic heterocycles. The van der Waals surface area contributed by atoms with Crippen molar-refractivity contribution in [3.8, 4) is 0 Å². The van der Waals surface area contributed by atoms with Crippen molar-refractivity contribution in [1.82, 2.24) is 5.32 Å². The minimum Gasteiger partial charge on any atom is -0.322 e. The fourth-order valence-corrected chi connectivity index (χ4v) is 4.51. The number of nitrogens with one attached hydrogen (secondary N) is 2. The summed E-state index contributed by atoms with van der Waals surface area (Å²) in [7, 11) is 0. The Balaban J connectivity index is 1.56. The van der Waals surface area contributed by atoms with Gasteiger partial charge in [0, 0.05) is 22.2 Å². The van der Waals surface area contributed by atoms with E-state index in [2.05, 4.69) is 34.9 Å². The Hall–Kier alpha value is -2.95. The van der Waals surface area contributed by atoms with Crippen molar-refractivity contribution in [2.75, 3.05) is 5.32 Å². The van der Waals surface area contributed by atoms with Crippen LogP contribution in [-0.4, -0.2) is 17.8 Å². The van der Waals surface area contributed by atoms with Gasteiger partial charge in [0.1, 0.15) is 0 Å². The second kappa shape index (κ2) is 8.05. The number of benzene rings is 3. The number of rotatable bonds is 3. The standard InChI is InChI=1S/C25H22ClN3O/c26-18-13-14-22-20(15-18)23(17-8-2-1-3-9-17)29-24(25(30)28-22)27-21-12-6-10-16-7-4-5-11-19(16)21/h1-5,7-9,11,13-15,21,24,27H,6,10,12H2,(H,28,30). The molecule has 0 spiro atoms. The van der Waals surface area contributed by atoms with Crippen molar-refractivity contribution < 1.29 is 4.79 Å². The summed E-state index contributed by atoms with van der Waals surface area (Å²) in [5.41, 5.74) is 5.87.